The van der Waals surface area contributed by atoms with Crippen molar-refractivity contribution in [1.29, 1.82) is 10.8 Å². The molecule has 0 aliphatic carbocycles. The maximum atomic E-state index is 12.0. The largest absolute Gasteiger partial charge is 0.313 e. The predicted octanol–water partition coefficient (Wildman–Crippen LogP) is 4.07. The molecule has 0 atom stereocenters. The number of ketones is 1. The molecule has 0 aromatic rings. The zero-order valence-corrected chi connectivity index (χ0v) is 14.6. The lowest BCUT2D eigenvalue weighted by molar-refractivity contribution is -0.251. The van der Waals surface area contributed by atoms with Crippen LogP contribution in [0.15, 0.2) is 0 Å². The normalized spacial score (nSPS) is 22.2. The van der Waals surface area contributed by atoms with Gasteiger partial charge < -0.3 is 5.21 Å². The van der Waals surface area contributed by atoms with Crippen LogP contribution in [0, 0.1) is 22.1 Å². The lowest BCUT2D eigenvalue weighted by atomic mass is 9.73. The molecule has 0 unspecified atom stereocenters. The van der Waals surface area contributed by atoms with Crippen LogP contribution in [-0.2, 0) is 4.79 Å². The number of rotatable bonds is 3. The van der Waals surface area contributed by atoms with Crippen molar-refractivity contribution in [3.8, 4) is 0 Å². The van der Waals surface area contributed by atoms with E-state index in [0.717, 1.165) is 19.3 Å². The van der Waals surface area contributed by atoms with Gasteiger partial charge in [-0.1, -0.05) is 20.8 Å². The topological polar surface area (TPSA) is 88.1 Å². The summed E-state index contributed by atoms with van der Waals surface area (Å²) in [5.74, 6) is 0.856. The first-order valence-electron chi connectivity index (χ1n) is 7.59. The molecule has 0 amide bonds. The van der Waals surface area contributed by atoms with Gasteiger partial charge in [0.2, 0.25) is 0 Å². The molecular weight excluding hydrogens is 266 g/mol. The molecule has 5 nitrogen and oxygen atoms in total. The molecule has 0 spiro atoms. The number of hydroxylamine groups is 2. The maximum absolute atomic E-state index is 12.0. The fourth-order valence-corrected chi connectivity index (χ4v) is 3.39. The number of nitrogens with zero attached hydrogens (tertiary/aromatic N) is 3. The summed E-state index contributed by atoms with van der Waals surface area (Å²) in [4.78, 5) is 12.0. The van der Waals surface area contributed by atoms with E-state index in [0.29, 0.717) is 18.1 Å². The molecule has 0 saturated carbocycles. The molecule has 122 valence electrons. The number of piperidine rings is 1. The molecule has 1 rings (SSSR count). The summed E-state index contributed by atoms with van der Waals surface area (Å²) in [6, 6.07) is 0. The third-order valence-corrected chi connectivity index (χ3v) is 4.34. The molecule has 1 saturated heterocycles. The number of Topliss-reactive ketones (excluding diaryl/α,β-unsaturated/α-hetero) is 1. The molecule has 1 N–H and O–H groups in total. The molecule has 1 aliphatic heterocycles. The first kappa shape index (κ1) is 20.0. The quantitative estimate of drug-likeness (QED) is 0.793. The highest BCUT2D eigenvalue weighted by Gasteiger charge is 2.44. The first-order chi connectivity index (χ1) is 9.36. The van der Waals surface area contributed by atoms with Gasteiger partial charge in [0.1, 0.15) is 5.78 Å². The molecule has 1 fully saturated rings. The van der Waals surface area contributed by atoms with Crippen molar-refractivity contribution in [2.24, 2.45) is 11.3 Å². The number of carbonyl (C=O) groups is 1. The molecule has 0 aromatic heterocycles. The van der Waals surface area contributed by atoms with Crippen LogP contribution in [0.2, 0.25) is 0 Å². The van der Waals surface area contributed by atoms with Crippen molar-refractivity contribution < 1.29 is 10.0 Å². The monoisotopic (exact) mass is 297 g/mol. The minimum absolute atomic E-state index is 0.211. The van der Waals surface area contributed by atoms with E-state index in [1.54, 1.807) is 0 Å². The van der Waals surface area contributed by atoms with Crippen LogP contribution >= 0.6 is 0 Å². The van der Waals surface area contributed by atoms with Gasteiger partial charge in [-0.2, -0.15) is 5.06 Å². The second-order valence-corrected chi connectivity index (χ2v) is 8.42. The summed E-state index contributed by atoms with van der Waals surface area (Å²) >= 11 is 0. The van der Waals surface area contributed by atoms with Crippen molar-refractivity contribution >= 4 is 5.78 Å². The Morgan fingerprint density at radius 3 is 1.86 bits per heavy atom. The molecule has 21 heavy (non-hydrogen) atoms. The number of hydrogen-bond acceptors (Lipinski definition) is 5. The smallest absolute Gasteiger partial charge is 0.138 e. The summed E-state index contributed by atoms with van der Waals surface area (Å²) < 4.78 is 0. The average Bonchev–Trinajstić information content (AvgIpc) is 2.33. The fraction of sp³-hybridized carbons (Fsp3) is 0.938. The Labute approximate surface area is 129 Å². The Morgan fingerprint density at radius 2 is 1.52 bits per heavy atom. The van der Waals surface area contributed by atoms with Crippen LogP contribution in [0.5, 0.6) is 0 Å². The Morgan fingerprint density at radius 1 is 1.14 bits per heavy atom. The van der Waals surface area contributed by atoms with Gasteiger partial charge in [0.25, 0.3) is 0 Å². The van der Waals surface area contributed by atoms with Crippen LogP contribution in [0.25, 0.3) is 0 Å². The third kappa shape index (κ3) is 5.37. The Kier molecular flexibility index (Phi) is 6.52. The Bertz CT molecular complexity index is 363. The van der Waals surface area contributed by atoms with E-state index in [9.17, 15) is 10.0 Å². The van der Waals surface area contributed by atoms with Gasteiger partial charge in [0.05, 0.1) is 0 Å². The number of hydrogen-bond donors (Lipinski definition) is 1. The van der Waals surface area contributed by atoms with E-state index in [4.69, 9.17) is 10.8 Å². The van der Waals surface area contributed by atoms with Crippen molar-refractivity contribution in [2.75, 3.05) is 0 Å². The van der Waals surface area contributed by atoms with Crippen LogP contribution in [-0.4, -0.2) is 27.1 Å². The van der Waals surface area contributed by atoms with E-state index in [-0.39, 0.29) is 16.5 Å². The van der Waals surface area contributed by atoms with E-state index in [2.05, 4.69) is 27.7 Å². The molecule has 1 aliphatic rings. The van der Waals surface area contributed by atoms with Gasteiger partial charge in [0, 0.05) is 33.7 Å². The summed E-state index contributed by atoms with van der Waals surface area (Å²) in [7, 11) is 0. The highest BCUT2D eigenvalue weighted by molar-refractivity contribution is 5.83. The van der Waals surface area contributed by atoms with E-state index < -0.39 is 0 Å². The fourth-order valence-electron chi connectivity index (χ4n) is 3.39. The molecule has 0 aromatic carbocycles. The average molecular weight is 297 g/mol. The molecule has 1 heterocycles. The standard InChI is InChI=1S/C16H31NO2.N2/c1-14(2,3)13(18)9-8-12-10-15(4,5)17(19)16(6,7)11-12;1-2/h12,19H,8-11H2,1-7H3;. The second-order valence-electron chi connectivity index (χ2n) is 8.42. The van der Waals surface area contributed by atoms with Crippen molar-refractivity contribution in [1.82, 2.24) is 5.06 Å². The first-order valence-corrected chi connectivity index (χ1v) is 7.59. The van der Waals surface area contributed by atoms with E-state index >= 15 is 0 Å². The minimum Gasteiger partial charge on any atom is -0.313 e. The summed E-state index contributed by atoms with van der Waals surface area (Å²) in [6.07, 6.45) is 3.50. The van der Waals surface area contributed by atoms with Crippen molar-refractivity contribution in [3.63, 3.8) is 0 Å². The summed E-state index contributed by atoms with van der Waals surface area (Å²) in [5.41, 5.74) is -0.656. The van der Waals surface area contributed by atoms with Crippen molar-refractivity contribution in [3.05, 3.63) is 0 Å². The van der Waals surface area contributed by atoms with Crippen LogP contribution < -0.4 is 0 Å². The highest BCUT2D eigenvalue weighted by Crippen LogP contribution is 2.41. The maximum Gasteiger partial charge on any atom is 0.138 e. The SMILES string of the molecule is CC(C)(C)C(=O)CCC1CC(C)(C)N(O)C(C)(C)C1.N#N. The second kappa shape index (κ2) is 6.85. The van der Waals surface area contributed by atoms with E-state index in [1.165, 1.54) is 5.06 Å². The zero-order chi connectivity index (χ0) is 17.1. The molecule has 0 radical (unpaired) electrons. The zero-order valence-electron chi connectivity index (χ0n) is 14.6. The highest BCUT2D eigenvalue weighted by atomic mass is 16.5. The lowest BCUT2D eigenvalue weighted by Gasteiger charge is -2.51. The Hall–Kier alpha value is -0.990. The summed E-state index contributed by atoms with van der Waals surface area (Å²) in [6.45, 7) is 14.3. The van der Waals surface area contributed by atoms with E-state index in [1.807, 2.05) is 20.8 Å². The predicted molar refractivity (Wildman–Crippen MR) is 81.7 cm³/mol. The third-order valence-electron chi connectivity index (χ3n) is 4.34. The Balaban J connectivity index is 0.00000191. The van der Waals surface area contributed by atoms with Gasteiger partial charge in [-0.25, -0.2) is 0 Å². The molecule has 0 bridgehead atoms. The van der Waals surface area contributed by atoms with Crippen LogP contribution in [0.1, 0.15) is 74.1 Å². The van der Waals surface area contributed by atoms with Crippen molar-refractivity contribution in [2.45, 2.75) is 85.2 Å². The lowest BCUT2D eigenvalue weighted by Crippen LogP contribution is -2.58. The molecule has 5 heteroatoms. The van der Waals surface area contributed by atoms with Gasteiger partial charge in [-0.15, -0.1) is 0 Å². The van der Waals surface area contributed by atoms with Gasteiger partial charge in [0.15, 0.2) is 0 Å². The summed E-state index contributed by atoms with van der Waals surface area (Å²) in [5, 5.41) is 23.8. The van der Waals surface area contributed by atoms with Gasteiger partial charge in [-0.3, -0.25) is 4.79 Å². The van der Waals surface area contributed by atoms with Crippen LogP contribution in [0.3, 0.4) is 0 Å². The van der Waals surface area contributed by atoms with Gasteiger partial charge >= 0.3 is 0 Å². The minimum atomic E-state index is -0.233. The number of carbonyl (C=O) groups excluding carboxylic acids is 1. The molecular formula is C16H31N3O2. The van der Waals surface area contributed by atoms with Crippen LogP contribution in [0.4, 0.5) is 0 Å². The van der Waals surface area contributed by atoms with Gasteiger partial charge in [-0.05, 0) is 52.9 Å².